The van der Waals surface area contributed by atoms with Crippen molar-refractivity contribution in [3.05, 3.63) is 36.2 Å². The van der Waals surface area contributed by atoms with E-state index in [0.29, 0.717) is 13.1 Å². The molecule has 0 unspecified atom stereocenters. The molecule has 1 saturated heterocycles. The van der Waals surface area contributed by atoms with Gasteiger partial charge in [-0.15, -0.1) is 0 Å². The summed E-state index contributed by atoms with van der Waals surface area (Å²) >= 11 is 0. The van der Waals surface area contributed by atoms with Crippen LogP contribution in [0.1, 0.15) is 22.4 Å². The van der Waals surface area contributed by atoms with Gasteiger partial charge in [0.05, 0.1) is 6.04 Å². The molecular formula is C14H20N6O3S. The number of hydrogen-bond acceptors (Lipinski definition) is 5. The summed E-state index contributed by atoms with van der Waals surface area (Å²) in [5, 5.41) is 0. The standard InChI is InChI=1S/C14H20N6O3S/c1-18-5-6-20(9-12(18)14-16-3-4-17-14)24(22,23)10-7-11(13(15)21)19(2)8-10/h3-4,7-8,12H,5-6,9H2,1-2H3,(H2,15,21)(H,16,17)/t12-/m1/s1. The zero-order chi connectivity index (χ0) is 17.5. The van der Waals surface area contributed by atoms with Crippen LogP contribution in [0.25, 0.3) is 0 Å². The molecule has 0 spiro atoms. The first kappa shape index (κ1) is 16.7. The van der Waals surface area contributed by atoms with Gasteiger partial charge in [0.2, 0.25) is 10.0 Å². The highest BCUT2D eigenvalue weighted by molar-refractivity contribution is 7.89. The normalized spacial score (nSPS) is 20.3. The molecule has 3 rings (SSSR count). The Morgan fingerprint density at radius 2 is 2.12 bits per heavy atom. The number of primary amides is 1. The van der Waals surface area contributed by atoms with Gasteiger partial charge in [-0.1, -0.05) is 0 Å². The van der Waals surface area contributed by atoms with Crippen LogP contribution in [0.5, 0.6) is 0 Å². The molecule has 1 aliphatic rings. The molecule has 3 heterocycles. The van der Waals surface area contributed by atoms with Crippen molar-refractivity contribution in [3.63, 3.8) is 0 Å². The fourth-order valence-electron chi connectivity index (χ4n) is 2.89. The first-order valence-electron chi connectivity index (χ1n) is 7.46. The number of nitrogens with two attached hydrogens (primary N) is 1. The number of amides is 1. The number of hydrogen-bond donors (Lipinski definition) is 2. The Labute approximate surface area is 140 Å². The second kappa shape index (κ2) is 6.04. The number of aromatic nitrogens is 3. The van der Waals surface area contributed by atoms with Gasteiger partial charge in [-0.2, -0.15) is 4.31 Å². The van der Waals surface area contributed by atoms with Crippen LogP contribution in [-0.2, 0) is 17.1 Å². The van der Waals surface area contributed by atoms with Crippen LogP contribution in [-0.4, -0.2) is 64.7 Å². The minimum Gasteiger partial charge on any atom is -0.364 e. The zero-order valence-corrected chi connectivity index (χ0v) is 14.3. The SMILES string of the molecule is CN1CCN(S(=O)(=O)c2cc(C(N)=O)n(C)c2)C[C@@H]1c1ncc[nH]1. The predicted octanol–water partition coefficient (Wildman–Crippen LogP) is -0.475. The molecule has 1 amide bonds. The van der Waals surface area contributed by atoms with E-state index >= 15 is 0 Å². The van der Waals surface area contributed by atoms with Gasteiger partial charge in [0.1, 0.15) is 16.4 Å². The lowest BCUT2D eigenvalue weighted by atomic mass is 10.2. The van der Waals surface area contributed by atoms with Gasteiger partial charge in [0, 0.05) is 45.3 Å². The quantitative estimate of drug-likeness (QED) is 0.771. The Kier molecular flexibility index (Phi) is 4.20. The summed E-state index contributed by atoms with van der Waals surface area (Å²) < 4.78 is 28.7. The molecule has 0 aliphatic carbocycles. The third-order valence-corrected chi connectivity index (χ3v) is 6.15. The van der Waals surface area contributed by atoms with Crippen molar-refractivity contribution in [2.24, 2.45) is 12.8 Å². The molecular weight excluding hydrogens is 332 g/mol. The Bertz CT molecular complexity index is 842. The summed E-state index contributed by atoms with van der Waals surface area (Å²) in [4.78, 5) is 20.8. The fraction of sp³-hybridized carbons (Fsp3) is 0.429. The topological polar surface area (TPSA) is 117 Å². The maximum Gasteiger partial charge on any atom is 0.265 e. The maximum atomic E-state index is 12.9. The number of sulfonamides is 1. The molecule has 2 aromatic rings. The number of nitrogens with zero attached hydrogens (tertiary/aromatic N) is 4. The second-order valence-corrected chi connectivity index (χ2v) is 7.81. The van der Waals surface area contributed by atoms with Crippen molar-refractivity contribution in [2.75, 3.05) is 26.7 Å². The molecule has 0 radical (unpaired) electrons. The molecule has 0 bridgehead atoms. The van der Waals surface area contributed by atoms with Gasteiger partial charge in [0.25, 0.3) is 5.91 Å². The number of nitrogens with one attached hydrogen (secondary N) is 1. The lowest BCUT2D eigenvalue weighted by molar-refractivity contribution is 0.0992. The van der Waals surface area contributed by atoms with E-state index in [2.05, 4.69) is 14.9 Å². The molecule has 10 heteroatoms. The second-order valence-electron chi connectivity index (χ2n) is 5.87. The van der Waals surface area contributed by atoms with E-state index in [1.54, 1.807) is 19.4 Å². The van der Waals surface area contributed by atoms with Crippen molar-refractivity contribution in [1.82, 2.24) is 23.7 Å². The van der Waals surface area contributed by atoms with E-state index in [0.717, 1.165) is 5.82 Å². The Hall–Kier alpha value is -2.17. The van der Waals surface area contributed by atoms with Crippen LogP contribution < -0.4 is 5.73 Å². The van der Waals surface area contributed by atoms with Gasteiger partial charge in [-0.3, -0.25) is 9.69 Å². The average molecular weight is 352 g/mol. The van der Waals surface area contributed by atoms with Crippen molar-refractivity contribution < 1.29 is 13.2 Å². The molecule has 130 valence electrons. The van der Waals surface area contributed by atoms with Crippen molar-refractivity contribution in [1.29, 1.82) is 0 Å². The maximum absolute atomic E-state index is 12.9. The van der Waals surface area contributed by atoms with E-state index in [4.69, 9.17) is 5.73 Å². The third kappa shape index (κ3) is 2.83. The zero-order valence-electron chi connectivity index (χ0n) is 13.5. The molecule has 3 N–H and O–H groups in total. The van der Waals surface area contributed by atoms with Crippen molar-refractivity contribution in [2.45, 2.75) is 10.9 Å². The highest BCUT2D eigenvalue weighted by Gasteiger charge is 2.35. The highest BCUT2D eigenvalue weighted by atomic mass is 32.2. The number of carbonyl (C=O) groups excluding carboxylic acids is 1. The summed E-state index contributed by atoms with van der Waals surface area (Å²) in [6, 6.07) is 1.17. The lowest BCUT2D eigenvalue weighted by Crippen LogP contribution is -2.49. The van der Waals surface area contributed by atoms with Gasteiger partial charge < -0.3 is 15.3 Å². The highest BCUT2D eigenvalue weighted by Crippen LogP contribution is 2.26. The monoisotopic (exact) mass is 352 g/mol. The summed E-state index contributed by atoms with van der Waals surface area (Å²) in [5.74, 6) is 0.0640. The molecule has 1 aliphatic heterocycles. The number of rotatable bonds is 4. The Morgan fingerprint density at radius 1 is 1.38 bits per heavy atom. The number of carbonyl (C=O) groups is 1. The number of aryl methyl sites for hydroxylation is 1. The van der Waals surface area contributed by atoms with Crippen LogP contribution in [0.3, 0.4) is 0 Å². The lowest BCUT2D eigenvalue weighted by Gasteiger charge is -2.37. The van der Waals surface area contributed by atoms with Crippen LogP contribution in [0.4, 0.5) is 0 Å². The number of likely N-dealkylation sites (N-methyl/N-ethyl adjacent to an activating group) is 1. The first-order chi connectivity index (χ1) is 11.3. The smallest absolute Gasteiger partial charge is 0.265 e. The minimum atomic E-state index is -3.71. The molecule has 0 aromatic carbocycles. The summed E-state index contributed by atoms with van der Waals surface area (Å²) in [7, 11) is -0.181. The number of aromatic amines is 1. The van der Waals surface area contributed by atoms with E-state index < -0.39 is 15.9 Å². The number of imidazole rings is 1. The van der Waals surface area contributed by atoms with E-state index in [1.165, 1.54) is 21.1 Å². The van der Waals surface area contributed by atoms with Crippen molar-refractivity contribution >= 4 is 15.9 Å². The number of H-pyrrole nitrogens is 1. The largest absolute Gasteiger partial charge is 0.364 e. The summed E-state index contributed by atoms with van der Waals surface area (Å²) in [5.41, 5.74) is 5.42. The molecule has 1 fully saturated rings. The minimum absolute atomic E-state index is 0.0709. The molecule has 2 aromatic heterocycles. The Morgan fingerprint density at radius 3 is 2.71 bits per heavy atom. The predicted molar refractivity (Wildman–Crippen MR) is 86.6 cm³/mol. The van der Waals surface area contributed by atoms with Gasteiger partial charge in [0.15, 0.2) is 0 Å². The number of piperazine rings is 1. The van der Waals surface area contributed by atoms with Crippen molar-refractivity contribution in [3.8, 4) is 0 Å². The Balaban J connectivity index is 1.90. The third-order valence-electron chi connectivity index (χ3n) is 4.32. The van der Waals surface area contributed by atoms with Crippen LogP contribution >= 0.6 is 0 Å². The van der Waals surface area contributed by atoms with Gasteiger partial charge in [-0.05, 0) is 13.1 Å². The molecule has 24 heavy (non-hydrogen) atoms. The van der Waals surface area contributed by atoms with Gasteiger partial charge >= 0.3 is 0 Å². The van der Waals surface area contributed by atoms with E-state index in [9.17, 15) is 13.2 Å². The summed E-state index contributed by atoms with van der Waals surface area (Å²) in [6.45, 7) is 1.24. The van der Waals surface area contributed by atoms with Crippen LogP contribution in [0.2, 0.25) is 0 Å². The molecule has 1 atom stereocenters. The van der Waals surface area contributed by atoms with Crippen LogP contribution in [0.15, 0.2) is 29.6 Å². The van der Waals surface area contributed by atoms with E-state index in [-0.39, 0.29) is 23.2 Å². The fourth-order valence-corrected chi connectivity index (χ4v) is 4.40. The average Bonchev–Trinajstić information content (AvgIpc) is 3.17. The first-order valence-corrected chi connectivity index (χ1v) is 8.90. The van der Waals surface area contributed by atoms with E-state index in [1.807, 2.05) is 7.05 Å². The molecule has 0 saturated carbocycles. The summed E-state index contributed by atoms with van der Waals surface area (Å²) in [6.07, 6.45) is 4.77. The van der Waals surface area contributed by atoms with Gasteiger partial charge in [-0.25, -0.2) is 13.4 Å². The van der Waals surface area contributed by atoms with Crippen LogP contribution in [0, 0.1) is 0 Å². The molecule has 9 nitrogen and oxygen atoms in total.